The molecule has 1 aromatic carbocycles. The molecule has 1 aliphatic rings. The third kappa shape index (κ3) is 4.58. The number of nitrogens with zero attached hydrogens (tertiary/aromatic N) is 2. The number of piperidine rings is 1. The van der Waals surface area contributed by atoms with E-state index in [0.717, 1.165) is 5.56 Å². The minimum atomic E-state index is -0.435. The smallest absolute Gasteiger partial charge is 0.267 e. The van der Waals surface area contributed by atoms with Crippen LogP contribution in [0.25, 0.3) is 0 Å². The molecular formula is C17H20N4O2. The number of nitrogens with one attached hydrogen (secondary N) is 1. The summed E-state index contributed by atoms with van der Waals surface area (Å²) in [6.45, 7) is 3.15. The summed E-state index contributed by atoms with van der Waals surface area (Å²) in [6.07, 6.45) is 2.84. The van der Waals surface area contributed by atoms with E-state index in [1.54, 1.807) is 12.3 Å². The zero-order valence-corrected chi connectivity index (χ0v) is 13.1. The van der Waals surface area contributed by atoms with Gasteiger partial charge in [-0.3, -0.25) is 9.59 Å². The highest BCUT2D eigenvalue weighted by molar-refractivity contribution is 6.06. The molecule has 0 radical (unpaired) electrons. The van der Waals surface area contributed by atoms with Crippen LogP contribution in [-0.2, 0) is 9.59 Å². The van der Waals surface area contributed by atoms with E-state index < -0.39 is 5.91 Å². The van der Waals surface area contributed by atoms with Crippen LogP contribution in [0.2, 0.25) is 0 Å². The summed E-state index contributed by atoms with van der Waals surface area (Å²) < 4.78 is 0. The van der Waals surface area contributed by atoms with Gasteiger partial charge in [-0.2, -0.15) is 5.26 Å². The fourth-order valence-corrected chi connectivity index (χ4v) is 2.56. The Kier molecular flexibility index (Phi) is 5.36. The molecule has 0 aliphatic carbocycles. The number of hydrogen-bond acceptors (Lipinski definition) is 4. The van der Waals surface area contributed by atoms with Crippen LogP contribution in [0.5, 0.6) is 0 Å². The molecule has 1 heterocycles. The van der Waals surface area contributed by atoms with Crippen LogP contribution < -0.4 is 11.1 Å². The maximum Gasteiger partial charge on any atom is 0.267 e. The van der Waals surface area contributed by atoms with Crippen molar-refractivity contribution < 1.29 is 9.59 Å². The Hall–Kier alpha value is -2.81. The van der Waals surface area contributed by atoms with E-state index in [0.29, 0.717) is 31.6 Å². The van der Waals surface area contributed by atoms with E-state index >= 15 is 0 Å². The van der Waals surface area contributed by atoms with Gasteiger partial charge < -0.3 is 16.0 Å². The summed E-state index contributed by atoms with van der Waals surface area (Å²) in [4.78, 5) is 25.2. The van der Waals surface area contributed by atoms with Crippen molar-refractivity contribution in [1.82, 2.24) is 4.90 Å². The first-order valence-corrected chi connectivity index (χ1v) is 7.53. The minimum Gasteiger partial charge on any atom is -0.376 e. The summed E-state index contributed by atoms with van der Waals surface area (Å²) in [7, 11) is 0. The van der Waals surface area contributed by atoms with Crippen molar-refractivity contribution in [2.45, 2.75) is 19.8 Å². The number of primary amides is 1. The third-order valence-electron chi connectivity index (χ3n) is 3.88. The first kappa shape index (κ1) is 16.6. The predicted molar refractivity (Wildman–Crippen MR) is 87.0 cm³/mol. The van der Waals surface area contributed by atoms with Gasteiger partial charge in [-0.1, -0.05) is 12.1 Å². The highest BCUT2D eigenvalue weighted by Crippen LogP contribution is 2.18. The lowest BCUT2D eigenvalue weighted by molar-refractivity contribution is -0.123. The van der Waals surface area contributed by atoms with E-state index in [4.69, 9.17) is 5.73 Å². The number of hydrogen-bond donors (Lipinski definition) is 2. The average Bonchev–Trinajstić information content (AvgIpc) is 2.53. The van der Waals surface area contributed by atoms with E-state index in [1.165, 1.54) is 0 Å². The SMILES string of the molecule is Cc1cccc(NC(=O)/C(C#N)=C\N2CCC(C(N)=O)CC2)c1. The van der Waals surface area contributed by atoms with E-state index in [1.807, 2.05) is 36.1 Å². The van der Waals surface area contributed by atoms with Crippen molar-refractivity contribution in [1.29, 1.82) is 5.26 Å². The molecule has 0 saturated carbocycles. The molecule has 1 aromatic rings. The Bertz CT molecular complexity index is 667. The molecule has 0 aromatic heterocycles. The van der Waals surface area contributed by atoms with Gasteiger partial charge in [0.2, 0.25) is 5.91 Å². The molecule has 1 fully saturated rings. The lowest BCUT2D eigenvalue weighted by Gasteiger charge is -2.29. The lowest BCUT2D eigenvalue weighted by atomic mass is 9.96. The van der Waals surface area contributed by atoms with Crippen LogP contribution in [0.15, 0.2) is 36.0 Å². The van der Waals surface area contributed by atoms with E-state index in [2.05, 4.69) is 5.32 Å². The summed E-state index contributed by atoms with van der Waals surface area (Å²) in [6, 6.07) is 9.32. The van der Waals surface area contributed by atoms with Crippen LogP contribution in [0, 0.1) is 24.2 Å². The van der Waals surface area contributed by atoms with Gasteiger partial charge in [0.25, 0.3) is 5.91 Å². The zero-order chi connectivity index (χ0) is 16.8. The number of amides is 2. The van der Waals surface area contributed by atoms with Crippen LogP contribution >= 0.6 is 0 Å². The summed E-state index contributed by atoms with van der Waals surface area (Å²) in [5, 5.41) is 11.9. The van der Waals surface area contributed by atoms with Gasteiger partial charge in [0.1, 0.15) is 11.6 Å². The maximum absolute atomic E-state index is 12.2. The molecule has 0 unspecified atom stereocenters. The molecule has 23 heavy (non-hydrogen) atoms. The minimum absolute atomic E-state index is 0.0454. The highest BCUT2D eigenvalue weighted by atomic mass is 16.2. The molecule has 6 heteroatoms. The van der Waals surface area contributed by atoms with E-state index in [-0.39, 0.29) is 17.4 Å². The number of carbonyl (C=O) groups excluding carboxylic acids is 2. The normalized spacial score (nSPS) is 15.8. The summed E-state index contributed by atoms with van der Waals surface area (Å²) in [5.41, 5.74) is 7.03. The Morgan fingerprint density at radius 1 is 1.39 bits per heavy atom. The van der Waals surface area contributed by atoms with Crippen molar-refractivity contribution >= 4 is 17.5 Å². The number of nitrogens with two attached hydrogens (primary N) is 1. The number of aryl methyl sites for hydroxylation is 1. The van der Waals surface area contributed by atoms with Crippen LogP contribution in [0.1, 0.15) is 18.4 Å². The molecule has 0 bridgehead atoms. The van der Waals surface area contributed by atoms with Gasteiger partial charge in [0, 0.05) is 30.9 Å². The van der Waals surface area contributed by atoms with Crippen molar-refractivity contribution in [3.8, 4) is 6.07 Å². The Morgan fingerprint density at radius 2 is 2.09 bits per heavy atom. The van der Waals surface area contributed by atoms with Gasteiger partial charge >= 0.3 is 0 Å². The van der Waals surface area contributed by atoms with Crippen LogP contribution in [0.4, 0.5) is 5.69 Å². The number of likely N-dealkylation sites (tertiary alicyclic amines) is 1. The number of rotatable bonds is 4. The van der Waals surface area contributed by atoms with E-state index in [9.17, 15) is 14.9 Å². The largest absolute Gasteiger partial charge is 0.376 e. The molecule has 1 saturated heterocycles. The van der Waals surface area contributed by atoms with Gasteiger partial charge in [-0.25, -0.2) is 0 Å². The third-order valence-corrected chi connectivity index (χ3v) is 3.88. The Morgan fingerprint density at radius 3 is 2.65 bits per heavy atom. The maximum atomic E-state index is 12.2. The van der Waals surface area contributed by atoms with Crippen molar-refractivity contribution in [3.63, 3.8) is 0 Å². The lowest BCUT2D eigenvalue weighted by Crippen LogP contribution is -2.36. The number of anilines is 1. The second-order valence-corrected chi connectivity index (χ2v) is 5.69. The Labute approximate surface area is 135 Å². The second kappa shape index (κ2) is 7.45. The molecule has 3 N–H and O–H groups in total. The number of nitriles is 1. The number of carbonyl (C=O) groups is 2. The van der Waals surface area contributed by atoms with Crippen molar-refractivity contribution in [3.05, 3.63) is 41.6 Å². The first-order valence-electron chi connectivity index (χ1n) is 7.53. The first-order chi connectivity index (χ1) is 11.0. The second-order valence-electron chi connectivity index (χ2n) is 5.69. The monoisotopic (exact) mass is 312 g/mol. The summed E-state index contributed by atoms with van der Waals surface area (Å²) in [5.74, 6) is -0.840. The summed E-state index contributed by atoms with van der Waals surface area (Å²) >= 11 is 0. The highest BCUT2D eigenvalue weighted by Gasteiger charge is 2.22. The van der Waals surface area contributed by atoms with Crippen LogP contribution in [0.3, 0.4) is 0 Å². The molecule has 2 amide bonds. The van der Waals surface area contributed by atoms with Crippen molar-refractivity contribution in [2.75, 3.05) is 18.4 Å². The predicted octanol–water partition coefficient (Wildman–Crippen LogP) is 1.54. The fraction of sp³-hybridized carbons (Fsp3) is 0.353. The quantitative estimate of drug-likeness (QED) is 0.650. The molecule has 0 atom stereocenters. The van der Waals surface area contributed by atoms with Crippen LogP contribution in [-0.4, -0.2) is 29.8 Å². The van der Waals surface area contributed by atoms with Gasteiger partial charge in [-0.05, 0) is 37.5 Å². The van der Waals surface area contributed by atoms with Gasteiger partial charge in [0.15, 0.2) is 0 Å². The average molecular weight is 312 g/mol. The molecule has 6 nitrogen and oxygen atoms in total. The standard InChI is InChI=1S/C17H20N4O2/c1-12-3-2-4-15(9-12)20-17(23)14(10-18)11-21-7-5-13(6-8-21)16(19)22/h2-4,9,11,13H,5-8H2,1H3,(H2,19,22)(H,20,23)/b14-11-. The van der Waals surface area contributed by atoms with Gasteiger partial charge in [-0.15, -0.1) is 0 Å². The molecule has 2 rings (SSSR count). The topological polar surface area (TPSA) is 99.2 Å². The van der Waals surface area contributed by atoms with Gasteiger partial charge in [0.05, 0.1) is 0 Å². The fourth-order valence-electron chi connectivity index (χ4n) is 2.56. The molecule has 0 spiro atoms. The zero-order valence-electron chi connectivity index (χ0n) is 13.1. The molecular weight excluding hydrogens is 292 g/mol. The van der Waals surface area contributed by atoms with Crippen molar-refractivity contribution in [2.24, 2.45) is 11.7 Å². The molecule has 1 aliphatic heterocycles. The Balaban J connectivity index is 2.00. The molecule has 120 valence electrons. The number of benzene rings is 1.